The van der Waals surface area contributed by atoms with Crippen LogP contribution in [0.3, 0.4) is 0 Å². The Labute approximate surface area is 92.9 Å². The van der Waals surface area contributed by atoms with Crippen LogP contribution in [0.2, 0.25) is 0 Å². The topological polar surface area (TPSA) is 80.4 Å². The molecule has 1 aliphatic carbocycles. The summed E-state index contributed by atoms with van der Waals surface area (Å²) >= 11 is 0. The molecule has 0 aliphatic heterocycles. The first kappa shape index (κ1) is 12.2. The molecule has 0 aromatic rings. The van der Waals surface area contributed by atoms with Crippen LogP contribution < -0.4 is 0 Å². The number of carboxylic acid groups (broad SMARTS) is 1. The molecular weight excluding hydrogens is 210 g/mol. The normalized spacial score (nSPS) is 39.1. The van der Waals surface area contributed by atoms with Gasteiger partial charge >= 0.3 is 5.97 Å². The van der Waals surface area contributed by atoms with E-state index in [1.54, 1.807) is 0 Å². The number of carbonyl (C=O) groups is 1. The van der Waals surface area contributed by atoms with Crippen molar-refractivity contribution in [3.8, 4) is 0 Å². The highest BCUT2D eigenvalue weighted by Crippen LogP contribution is 2.26. The van der Waals surface area contributed by atoms with Gasteiger partial charge in [-0.15, -0.1) is 0 Å². The maximum Gasteiger partial charge on any atom is 0.317 e. The van der Waals surface area contributed by atoms with Gasteiger partial charge < -0.3 is 5.11 Å². The molecule has 2 unspecified atom stereocenters. The summed E-state index contributed by atoms with van der Waals surface area (Å²) in [5.41, 5.74) is -2.57. The summed E-state index contributed by atoms with van der Waals surface area (Å²) in [6.07, 6.45) is 8.56. The molecule has 0 saturated heterocycles. The van der Waals surface area contributed by atoms with Crippen molar-refractivity contribution in [1.82, 2.24) is 0 Å². The lowest BCUT2D eigenvalue weighted by Gasteiger charge is -2.20. The van der Waals surface area contributed by atoms with Crippen molar-refractivity contribution >= 4 is 5.97 Å². The predicted molar refractivity (Wildman–Crippen MR) is 58.6 cm³/mol. The van der Waals surface area contributed by atoms with E-state index >= 15 is 0 Å². The quantitative estimate of drug-likeness (QED) is 0.439. The molecule has 2 atom stereocenters. The zero-order valence-corrected chi connectivity index (χ0v) is 9.08. The van der Waals surface area contributed by atoms with Crippen molar-refractivity contribution in [1.29, 1.82) is 0 Å². The molecular formula is C11H13NO4. The summed E-state index contributed by atoms with van der Waals surface area (Å²) in [5, 5.41) is 19.9. The van der Waals surface area contributed by atoms with Crippen LogP contribution in [0.4, 0.5) is 0 Å². The van der Waals surface area contributed by atoms with Crippen LogP contribution in [0.25, 0.3) is 0 Å². The number of nitrogens with zero attached hydrogens (tertiary/aromatic N) is 1. The van der Waals surface area contributed by atoms with Crippen molar-refractivity contribution in [2.75, 3.05) is 0 Å². The number of aliphatic carboxylic acids is 1. The number of carboxylic acids is 1. The lowest BCUT2D eigenvalue weighted by molar-refractivity contribution is -0.535. The minimum Gasteiger partial charge on any atom is -0.480 e. The highest BCUT2D eigenvalue weighted by molar-refractivity contribution is 5.79. The van der Waals surface area contributed by atoms with Gasteiger partial charge in [-0.3, -0.25) is 14.9 Å². The molecule has 1 N–H and O–H groups in total. The van der Waals surface area contributed by atoms with E-state index in [-0.39, 0.29) is 0 Å². The van der Waals surface area contributed by atoms with Gasteiger partial charge in [-0.2, -0.15) is 0 Å². The smallest absolute Gasteiger partial charge is 0.317 e. The molecule has 0 bridgehead atoms. The summed E-state index contributed by atoms with van der Waals surface area (Å²) in [7, 11) is 0. The Morgan fingerprint density at radius 1 is 1.19 bits per heavy atom. The third kappa shape index (κ3) is 2.18. The maximum absolute atomic E-state index is 11.0. The van der Waals surface area contributed by atoms with Gasteiger partial charge in [0, 0.05) is 11.8 Å². The maximum atomic E-state index is 11.0. The molecule has 86 valence electrons. The molecule has 0 spiro atoms. The highest BCUT2D eigenvalue weighted by Gasteiger charge is 2.35. The van der Waals surface area contributed by atoms with Crippen molar-refractivity contribution in [3.05, 3.63) is 46.6 Å². The third-order valence-corrected chi connectivity index (χ3v) is 2.61. The van der Waals surface area contributed by atoms with E-state index in [1.165, 1.54) is 50.3 Å². The Kier molecular flexibility index (Phi) is 2.98. The third-order valence-electron chi connectivity index (χ3n) is 2.61. The van der Waals surface area contributed by atoms with Crippen LogP contribution in [0.15, 0.2) is 36.5 Å². The average molecular weight is 223 g/mol. The van der Waals surface area contributed by atoms with Gasteiger partial charge in [0.15, 0.2) is 0 Å². The Balaban J connectivity index is 3.21. The first-order chi connectivity index (χ1) is 7.30. The first-order valence-electron chi connectivity index (χ1n) is 4.75. The molecule has 0 aromatic carbocycles. The zero-order chi connectivity index (χ0) is 12.4. The summed E-state index contributed by atoms with van der Waals surface area (Å²) in [5.74, 6) is -1.04. The minimum atomic E-state index is -1.36. The zero-order valence-electron chi connectivity index (χ0n) is 9.08. The van der Waals surface area contributed by atoms with Crippen molar-refractivity contribution < 1.29 is 14.8 Å². The number of allylic oxidation sites excluding steroid dienone is 2. The standard InChI is InChI=1S/C11H13NO4/c1-10(9(13)14)5-3-4-6-11(2,8-7-10)12(15)16/h3-8H,1-2H3,(H,13,14)/b5-3-,6-4-,8-7-. The van der Waals surface area contributed by atoms with E-state index in [4.69, 9.17) is 5.11 Å². The molecule has 0 aromatic heterocycles. The molecule has 0 radical (unpaired) electrons. The van der Waals surface area contributed by atoms with Crippen LogP contribution in [0.1, 0.15) is 13.8 Å². The van der Waals surface area contributed by atoms with Gasteiger partial charge in [-0.1, -0.05) is 24.3 Å². The first-order valence-corrected chi connectivity index (χ1v) is 4.75. The molecule has 1 aliphatic rings. The van der Waals surface area contributed by atoms with E-state index in [0.29, 0.717) is 0 Å². The summed E-state index contributed by atoms with van der Waals surface area (Å²) in [6.45, 7) is 2.91. The SMILES string of the molecule is CC1(C(=O)O)/C=C\C=C/C(C)([N+](=O)[O-])/C=C\1. The fourth-order valence-electron chi connectivity index (χ4n) is 1.22. The van der Waals surface area contributed by atoms with Crippen molar-refractivity contribution in [2.45, 2.75) is 19.4 Å². The Hall–Kier alpha value is -1.91. The van der Waals surface area contributed by atoms with Crippen LogP contribution in [-0.4, -0.2) is 21.5 Å². The van der Waals surface area contributed by atoms with Gasteiger partial charge in [0.2, 0.25) is 0 Å². The monoisotopic (exact) mass is 223 g/mol. The molecule has 0 fully saturated rings. The Morgan fingerprint density at radius 2 is 1.75 bits per heavy atom. The number of nitro groups is 1. The van der Waals surface area contributed by atoms with Gasteiger partial charge in [0.05, 0.1) is 0 Å². The molecule has 0 amide bonds. The van der Waals surface area contributed by atoms with Gasteiger partial charge in [-0.25, -0.2) is 0 Å². The van der Waals surface area contributed by atoms with Crippen LogP contribution in [-0.2, 0) is 4.79 Å². The van der Waals surface area contributed by atoms with Gasteiger partial charge in [0.1, 0.15) is 5.41 Å². The summed E-state index contributed by atoms with van der Waals surface area (Å²) in [6, 6.07) is 0. The predicted octanol–water partition coefficient (Wildman–Crippen LogP) is 1.79. The van der Waals surface area contributed by atoms with E-state index < -0.39 is 21.8 Å². The van der Waals surface area contributed by atoms with Crippen molar-refractivity contribution in [3.63, 3.8) is 0 Å². The van der Waals surface area contributed by atoms with Crippen LogP contribution in [0.5, 0.6) is 0 Å². The van der Waals surface area contributed by atoms with E-state index in [0.717, 1.165) is 0 Å². The number of hydrogen-bond donors (Lipinski definition) is 1. The van der Waals surface area contributed by atoms with E-state index in [2.05, 4.69) is 0 Å². The highest BCUT2D eigenvalue weighted by atomic mass is 16.6. The van der Waals surface area contributed by atoms with Crippen molar-refractivity contribution in [2.24, 2.45) is 5.41 Å². The average Bonchev–Trinajstić information content (AvgIpc) is 2.18. The summed E-state index contributed by atoms with van der Waals surface area (Å²) in [4.78, 5) is 21.4. The van der Waals surface area contributed by atoms with E-state index in [1.807, 2.05) is 0 Å². The van der Waals surface area contributed by atoms with Gasteiger partial charge in [-0.05, 0) is 19.1 Å². The molecule has 0 heterocycles. The second kappa shape index (κ2) is 3.92. The number of rotatable bonds is 2. The fraction of sp³-hybridized carbons (Fsp3) is 0.364. The largest absolute Gasteiger partial charge is 0.480 e. The lowest BCUT2D eigenvalue weighted by atomic mass is 9.85. The lowest BCUT2D eigenvalue weighted by Crippen LogP contribution is -2.32. The molecule has 16 heavy (non-hydrogen) atoms. The van der Waals surface area contributed by atoms with Crippen LogP contribution >= 0.6 is 0 Å². The van der Waals surface area contributed by atoms with Crippen LogP contribution in [0, 0.1) is 15.5 Å². The molecule has 1 rings (SSSR count). The Morgan fingerprint density at radius 3 is 2.25 bits per heavy atom. The fourth-order valence-corrected chi connectivity index (χ4v) is 1.22. The molecule has 0 saturated carbocycles. The second-order valence-electron chi connectivity index (χ2n) is 4.12. The second-order valence-corrected chi connectivity index (χ2v) is 4.12. The Bertz CT molecular complexity index is 372. The minimum absolute atomic E-state index is 0.457. The molecule has 5 heteroatoms. The van der Waals surface area contributed by atoms with Gasteiger partial charge in [0.25, 0.3) is 5.54 Å². The summed E-state index contributed by atoms with van der Waals surface area (Å²) < 4.78 is 0. The van der Waals surface area contributed by atoms with E-state index in [9.17, 15) is 14.9 Å². The number of hydrogen-bond acceptors (Lipinski definition) is 3. The molecule has 5 nitrogen and oxygen atoms in total.